The van der Waals surface area contributed by atoms with Gasteiger partial charge in [0.05, 0.1) is 16.8 Å². The molecule has 2 aromatic heterocycles. The van der Waals surface area contributed by atoms with E-state index in [9.17, 15) is 8.42 Å². The molecule has 1 fully saturated rings. The summed E-state index contributed by atoms with van der Waals surface area (Å²) in [6.07, 6.45) is 8.16. The van der Waals surface area contributed by atoms with Crippen molar-refractivity contribution in [2.75, 3.05) is 6.54 Å². The van der Waals surface area contributed by atoms with E-state index in [1.54, 1.807) is 36.3 Å². The first kappa shape index (κ1) is 16.4. The molecule has 6 nitrogen and oxygen atoms in total. The number of halogens is 1. The number of pyridine rings is 1. The molecule has 0 amide bonds. The Balaban J connectivity index is 2.04. The Morgan fingerprint density at radius 3 is 2.78 bits per heavy atom. The van der Waals surface area contributed by atoms with Crippen LogP contribution in [-0.4, -0.2) is 34.0 Å². The number of aromatic nitrogens is 3. The molecule has 1 aliphatic heterocycles. The van der Waals surface area contributed by atoms with Crippen molar-refractivity contribution in [2.45, 2.75) is 36.6 Å². The Kier molecular flexibility index (Phi) is 4.70. The second-order valence-electron chi connectivity index (χ2n) is 5.71. The van der Waals surface area contributed by atoms with Crippen molar-refractivity contribution in [1.29, 1.82) is 0 Å². The fraction of sp³-hybridized carbons (Fsp3) is 0.467. The van der Waals surface area contributed by atoms with E-state index in [4.69, 9.17) is 11.6 Å². The molecule has 8 heteroatoms. The van der Waals surface area contributed by atoms with Crippen molar-refractivity contribution in [3.8, 4) is 0 Å². The van der Waals surface area contributed by atoms with E-state index in [2.05, 4.69) is 10.1 Å². The van der Waals surface area contributed by atoms with Crippen LogP contribution in [0.2, 0.25) is 5.02 Å². The molecule has 0 bridgehead atoms. The van der Waals surface area contributed by atoms with Gasteiger partial charge < -0.3 is 0 Å². The van der Waals surface area contributed by atoms with Crippen molar-refractivity contribution in [2.24, 2.45) is 7.05 Å². The van der Waals surface area contributed by atoms with Gasteiger partial charge in [0.1, 0.15) is 4.90 Å². The number of hydrogen-bond donors (Lipinski definition) is 0. The van der Waals surface area contributed by atoms with Crippen LogP contribution in [0.25, 0.3) is 0 Å². The first-order valence-corrected chi connectivity index (χ1v) is 9.43. The van der Waals surface area contributed by atoms with Gasteiger partial charge in [0, 0.05) is 32.2 Å². The number of nitrogens with zero attached hydrogens (tertiary/aromatic N) is 4. The molecule has 0 unspecified atom stereocenters. The van der Waals surface area contributed by atoms with Crippen LogP contribution in [0.4, 0.5) is 0 Å². The topological polar surface area (TPSA) is 68.1 Å². The maximum atomic E-state index is 13.1. The van der Waals surface area contributed by atoms with Crippen LogP contribution in [0.1, 0.15) is 37.4 Å². The number of hydrogen-bond acceptors (Lipinski definition) is 4. The third-order valence-corrected chi connectivity index (χ3v) is 6.25. The molecule has 1 atom stereocenters. The summed E-state index contributed by atoms with van der Waals surface area (Å²) in [4.78, 5) is 4.14. The Hall–Kier alpha value is -1.44. The van der Waals surface area contributed by atoms with E-state index >= 15 is 0 Å². The highest BCUT2D eigenvalue weighted by atomic mass is 35.5. The van der Waals surface area contributed by atoms with Crippen molar-refractivity contribution in [3.05, 3.63) is 41.4 Å². The van der Waals surface area contributed by atoms with Gasteiger partial charge in [-0.1, -0.05) is 24.4 Å². The minimum absolute atomic E-state index is 0.207. The number of aryl methyl sites for hydroxylation is 1. The van der Waals surface area contributed by atoms with Crippen LogP contribution in [-0.2, 0) is 17.1 Å². The van der Waals surface area contributed by atoms with E-state index in [1.165, 1.54) is 10.5 Å². The smallest absolute Gasteiger partial charge is 0.245 e. The Morgan fingerprint density at radius 1 is 1.30 bits per heavy atom. The quantitative estimate of drug-likeness (QED) is 0.849. The van der Waals surface area contributed by atoms with E-state index in [0.717, 1.165) is 25.7 Å². The molecular weight excluding hydrogens is 336 g/mol. The van der Waals surface area contributed by atoms with Crippen molar-refractivity contribution < 1.29 is 8.42 Å². The van der Waals surface area contributed by atoms with Crippen molar-refractivity contribution >= 4 is 21.6 Å². The average Bonchev–Trinajstić information content (AvgIpc) is 2.75. The summed E-state index contributed by atoms with van der Waals surface area (Å²) in [5.74, 6) is 0. The molecule has 0 spiro atoms. The molecule has 1 saturated heterocycles. The van der Waals surface area contributed by atoms with E-state index in [1.807, 2.05) is 0 Å². The lowest BCUT2D eigenvalue weighted by molar-refractivity contribution is 0.321. The largest absolute Gasteiger partial charge is 0.274 e. The second kappa shape index (κ2) is 6.59. The molecule has 0 saturated carbocycles. The monoisotopic (exact) mass is 354 g/mol. The molecule has 0 aliphatic carbocycles. The maximum absolute atomic E-state index is 13.1. The third kappa shape index (κ3) is 3.27. The zero-order valence-electron chi connectivity index (χ0n) is 12.9. The first-order valence-electron chi connectivity index (χ1n) is 7.61. The zero-order chi connectivity index (χ0) is 16.4. The minimum Gasteiger partial charge on any atom is -0.274 e. The summed E-state index contributed by atoms with van der Waals surface area (Å²) in [5, 5.41) is 4.90. The fourth-order valence-electron chi connectivity index (χ4n) is 2.98. The summed E-state index contributed by atoms with van der Waals surface area (Å²) in [7, 11) is -1.84. The van der Waals surface area contributed by atoms with Gasteiger partial charge in [-0.25, -0.2) is 8.42 Å². The molecule has 23 heavy (non-hydrogen) atoms. The van der Waals surface area contributed by atoms with Gasteiger partial charge in [0.25, 0.3) is 0 Å². The summed E-state index contributed by atoms with van der Waals surface area (Å²) < 4.78 is 29.3. The fourth-order valence-corrected chi connectivity index (χ4v) is 4.91. The molecule has 0 radical (unpaired) electrons. The normalized spacial score (nSPS) is 20.3. The highest BCUT2D eigenvalue weighted by Crippen LogP contribution is 2.36. The van der Waals surface area contributed by atoms with Gasteiger partial charge in [0.2, 0.25) is 10.0 Å². The van der Waals surface area contributed by atoms with E-state index in [-0.39, 0.29) is 10.9 Å². The van der Waals surface area contributed by atoms with Gasteiger partial charge in [0.15, 0.2) is 0 Å². The van der Waals surface area contributed by atoms with Crippen LogP contribution >= 0.6 is 11.6 Å². The molecule has 0 aromatic carbocycles. The molecule has 1 aliphatic rings. The van der Waals surface area contributed by atoms with Crippen LogP contribution in [0.3, 0.4) is 0 Å². The SMILES string of the molecule is Cn1cc(Cl)c([C@H]2CCCCCN2S(=O)(=O)c2cccnc2)n1. The van der Waals surface area contributed by atoms with Crippen LogP contribution in [0.5, 0.6) is 0 Å². The van der Waals surface area contributed by atoms with Crippen molar-refractivity contribution in [1.82, 2.24) is 19.1 Å². The van der Waals surface area contributed by atoms with Gasteiger partial charge in [-0.2, -0.15) is 9.40 Å². The molecular formula is C15H19ClN4O2S. The highest BCUT2D eigenvalue weighted by molar-refractivity contribution is 7.89. The lowest BCUT2D eigenvalue weighted by Gasteiger charge is -2.28. The summed E-state index contributed by atoms with van der Waals surface area (Å²) in [6.45, 7) is 0.467. The molecule has 124 valence electrons. The summed E-state index contributed by atoms with van der Waals surface area (Å²) >= 11 is 6.28. The van der Waals surface area contributed by atoms with Gasteiger partial charge >= 0.3 is 0 Å². The molecule has 3 rings (SSSR count). The van der Waals surface area contributed by atoms with Gasteiger partial charge in [-0.3, -0.25) is 9.67 Å². The third-order valence-electron chi connectivity index (χ3n) is 4.07. The summed E-state index contributed by atoms with van der Waals surface area (Å²) in [5.41, 5.74) is 0.628. The average molecular weight is 355 g/mol. The summed E-state index contributed by atoms with van der Waals surface area (Å²) in [6, 6.07) is 2.87. The molecule has 0 N–H and O–H groups in total. The molecule has 3 heterocycles. The lowest BCUT2D eigenvalue weighted by Crippen LogP contribution is -2.35. The molecule has 2 aromatic rings. The van der Waals surface area contributed by atoms with Crippen molar-refractivity contribution in [3.63, 3.8) is 0 Å². The lowest BCUT2D eigenvalue weighted by atomic mass is 10.1. The minimum atomic E-state index is -3.63. The second-order valence-corrected chi connectivity index (χ2v) is 8.00. The van der Waals surface area contributed by atoms with E-state index in [0.29, 0.717) is 17.3 Å². The predicted molar refractivity (Wildman–Crippen MR) is 87.6 cm³/mol. The van der Waals surface area contributed by atoms with Crippen LogP contribution in [0.15, 0.2) is 35.6 Å². The highest BCUT2D eigenvalue weighted by Gasteiger charge is 2.35. The van der Waals surface area contributed by atoms with Gasteiger partial charge in [-0.15, -0.1) is 0 Å². The Bertz CT molecular complexity index is 776. The predicted octanol–water partition coefficient (Wildman–Crippen LogP) is 2.77. The Morgan fingerprint density at radius 2 is 2.13 bits per heavy atom. The van der Waals surface area contributed by atoms with Crippen LogP contribution < -0.4 is 0 Å². The van der Waals surface area contributed by atoms with Crippen LogP contribution in [0, 0.1) is 0 Å². The first-order chi connectivity index (χ1) is 11.0. The number of sulfonamides is 1. The standard InChI is InChI=1S/C15H19ClN4O2S/c1-19-11-13(16)15(18-19)14-7-3-2-4-9-20(14)23(21,22)12-6-5-8-17-10-12/h5-6,8,10-11,14H,2-4,7,9H2,1H3/t14-/m1/s1. The Labute approximate surface area is 141 Å². The number of rotatable bonds is 3. The van der Waals surface area contributed by atoms with E-state index < -0.39 is 10.0 Å². The zero-order valence-corrected chi connectivity index (χ0v) is 14.5. The van der Waals surface area contributed by atoms with Gasteiger partial charge in [-0.05, 0) is 25.0 Å². The maximum Gasteiger partial charge on any atom is 0.245 e.